The summed E-state index contributed by atoms with van der Waals surface area (Å²) < 4.78 is 0. The van der Waals surface area contributed by atoms with Gasteiger partial charge in [-0.25, -0.2) is 4.79 Å². The fourth-order valence-corrected chi connectivity index (χ4v) is 3.45. The summed E-state index contributed by atoms with van der Waals surface area (Å²) in [5.74, 6) is -3.01. The Morgan fingerprint density at radius 3 is 2.31 bits per heavy atom. The molecule has 1 saturated heterocycles. The summed E-state index contributed by atoms with van der Waals surface area (Å²) in [5.41, 5.74) is 6.21. The number of carbonyl (C=O) groups excluding carboxylic acids is 3. The molecule has 1 heterocycles. The number of phenols is 1. The number of rotatable bonds is 9. The molecule has 2 rings (SSSR count). The zero-order valence-corrected chi connectivity index (χ0v) is 18.0. The molecule has 11 nitrogen and oxygen atoms in total. The largest absolute Gasteiger partial charge is 0.508 e. The summed E-state index contributed by atoms with van der Waals surface area (Å²) in [6.07, 6.45) is -0.199. The molecule has 5 unspecified atom stereocenters. The topological polar surface area (TPSA) is 182 Å². The van der Waals surface area contributed by atoms with Crippen molar-refractivity contribution in [2.75, 3.05) is 6.54 Å². The zero-order valence-electron chi connectivity index (χ0n) is 18.0. The predicted molar refractivity (Wildman–Crippen MR) is 113 cm³/mol. The highest BCUT2D eigenvalue weighted by molar-refractivity contribution is 5.94. The van der Waals surface area contributed by atoms with Gasteiger partial charge in [-0.1, -0.05) is 12.1 Å². The first-order valence-corrected chi connectivity index (χ1v) is 10.4. The van der Waals surface area contributed by atoms with Crippen LogP contribution in [0.3, 0.4) is 0 Å². The smallest absolute Gasteiger partial charge is 0.326 e. The summed E-state index contributed by atoms with van der Waals surface area (Å²) >= 11 is 0. The Morgan fingerprint density at radius 2 is 1.75 bits per heavy atom. The number of aromatic hydroxyl groups is 1. The highest BCUT2D eigenvalue weighted by Crippen LogP contribution is 2.20. The first-order chi connectivity index (χ1) is 15.0. The average molecular weight is 450 g/mol. The Kier molecular flexibility index (Phi) is 8.56. The predicted octanol–water partition coefficient (Wildman–Crippen LogP) is -1.29. The molecule has 11 heteroatoms. The van der Waals surface area contributed by atoms with Crippen LogP contribution in [0.5, 0.6) is 5.75 Å². The second-order valence-electron chi connectivity index (χ2n) is 7.96. The van der Waals surface area contributed by atoms with E-state index >= 15 is 0 Å². The Hall–Kier alpha value is -3.18. The average Bonchev–Trinajstić information content (AvgIpc) is 3.23. The van der Waals surface area contributed by atoms with E-state index in [9.17, 15) is 34.5 Å². The third-order valence-electron chi connectivity index (χ3n) is 5.39. The number of carboxylic acids is 1. The fourth-order valence-electron chi connectivity index (χ4n) is 3.45. The van der Waals surface area contributed by atoms with Crippen LogP contribution < -0.4 is 16.4 Å². The maximum Gasteiger partial charge on any atom is 0.326 e. The van der Waals surface area contributed by atoms with Gasteiger partial charge in [0.25, 0.3) is 0 Å². The lowest BCUT2D eigenvalue weighted by Gasteiger charge is -2.28. The summed E-state index contributed by atoms with van der Waals surface area (Å²) in [4.78, 5) is 50.7. The SMILES string of the molecule is CC(NC(=O)C(N)C(C)O)C(=O)NC(Cc1ccc(O)cc1)C(=O)N1CCCC1C(=O)O. The molecule has 0 radical (unpaired) electrons. The normalized spacial score (nSPS) is 19.5. The first kappa shape index (κ1) is 25.1. The second kappa shape index (κ2) is 10.9. The number of carbonyl (C=O) groups is 4. The molecule has 5 atom stereocenters. The van der Waals surface area contributed by atoms with E-state index in [1.165, 1.54) is 30.9 Å². The third-order valence-corrected chi connectivity index (χ3v) is 5.39. The molecular formula is C21H30N4O7. The zero-order chi connectivity index (χ0) is 24.0. The standard InChI is InChI=1S/C21H30N4O7/c1-11(23-19(29)17(22)12(2)26)18(28)24-15(10-13-5-7-14(27)8-6-13)20(30)25-9-3-4-16(25)21(31)32/h5-8,11-12,15-17,26-27H,3-4,9-10,22H2,1-2H3,(H,23,29)(H,24,28)(H,31,32). The molecule has 0 saturated carbocycles. The molecule has 0 spiro atoms. The lowest BCUT2D eigenvalue weighted by atomic mass is 10.0. The van der Waals surface area contributed by atoms with E-state index in [4.69, 9.17) is 5.73 Å². The Balaban J connectivity index is 2.17. The van der Waals surface area contributed by atoms with Gasteiger partial charge in [0.15, 0.2) is 0 Å². The van der Waals surface area contributed by atoms with Gasteiger partial charge >= 0.3 is 5.97 Å². The number of nitrogens with one attached hydrogen (secondary N) is 2. The molecule has 7 N–H and O–H groups in total. The molecular weight excluding hydrogens is 420 g/mol. The van der Waals surface area contributed by atoms with Crippen molar-refractivity contribution in [2.24, 2.45) is 5.73 Å². The van der Waals surface area contributed by atoms with Gasteiger partial charge in [-0.05, 0) is 44.4 Å². The third kappa shape index (κ3) is 6.41. The summed E-state index contributed by atoms with van der Waals surface area (Å²) in [6.45, 7) is 3.00. The van der Waals surface area contributed by atoms with Crippen LogP contribution in [0.25, 0.3) is 0 Å². The fraction of sp³-hybridized carbons (Fsp3) is 0.524. The van der Waals surface area contributed by atoms with Gasteiger partial charge in [-0.3, -0.25) is 14.4 Å². The van der Waals surface area contributed by atoms with Crippen LogP contribution in [0.1, 0.15) is 32.3 Å². The Morgan fingerprint density at radius 1 is 1.12 bits per heavy atom. The number of aliphatic hydroxyl groups is 1. The van der Waals surface area contributed by atoms with Crippen LogP contribution in [0.4, 0.5) is 0 Å². The Bertz CT molecular complexity index is 843. The van der Waals surface area contributed by atoms with Gasteiger partial charge in [0.05, 0.1) is 6.10 Å². The van der Waals surface area contributed by atoms with Crippen LogP contribution in [-0.4, -0.2) is 80.7 Å². The summed E-state index contributed by atoms with van der Waals surface area (Å²) in [6, 6.07) is 1.72. The van der Waals surface area contributed by atoms with E-state index in [0.717, 1.165) is 0 Å². The summed E-state index contributed by atoms with van der Waals surface area (Å²) in [7, 11) is 0. The van der Waals surface area contributed by atoms with E-state index in [1.54, 1.807) is 12.1 Å². The number of nitrogens with two attached hydrogens (primary N) is 1. The molecule has 176 valence electrons. The number of likely N-dealkylation sites (tertiary alicyclic amines) is 1. The lowest BCUT2D eigenvalue weighted by Crippen LogP contribution is -2.57. The molecule has 1 aromatic carbocycles. The number of aliphatic hydroxyl groups excluding tert-OH is 1. The van der Waals surface area contributed by atoms with Crippen molar-refractivity contribution >= 4 is 23.7 Å². The molecule has 1 fully saturated rings. The minimum absolute atomic E-state index is 0.0388. The molecule has 1 aromatic rings. The van der Waals surface area contributed by atoms with Gasteiger partial charge in [0.2, 0.25) is 17.7 Å². The highest BCUT2D eigenvalue weighted by atomic mass is 16.4. The number of amides is 3. The van der Waals surface area contributed by atoms with Crippen molar-refractivity contribution < 1.29 is 34.5 Å². The molecule has 3 amide bonds. The van der Waals surface area contributed by atoms with Gasteiger partial charge in [-0.15, -0.1) is 0 Å². The van der Waals surface area contributed by atoms with Crippen LogP contribution in [0.15, 0.2) is 24.3 Å². The van der Waals surface area contributed by atoms with Gasteiger partial charge < -0.3 is 36.6 Å². The maximum absolute atomic E-state index is 13.2. The molecule has 0 bridgehead atoms. The number of carboxylic acid groups (broad SMARTS) is 1. The minimum atomic E-state index is -1.22. The van der Waals surface area contributed by atoms with Crippen LogP contribution >= 0.6 is 0 Å². The van der Waals surface area contributed by atoms with E-state index in [1.807, 2.05) is 0 Å². The van der Waals surface area contributed by atoms with E-state index in [2.05, 4.69) is 10.6 Å². The van der Waals surface area contributed by atoms with E-state index < -0.39 is 54.0 Å². The van der Waals surface area contributed by atoms with E-state index in [0.29, 0.717) is 18.4 Å². The van der Waals surface area contributed by atoms with Crippen LogP contribution in [-0.2, 0) is 25.6 Å². The van der Waals surface area contributed by atoms with Crippen molar-refractivity contribution in [1.29, 1.82) is 0 Å². The lowest BCUT2D eigenvalue weighted by molar-refractivity contribution is -0.149. The number of nitrogens with zero attached hydrogens (tertiary/aromatic N) is 1. The van der Waals surface area contributed by atoms with Crippen molar-refractivity contribution in [3.05, 3.63) is 29.8 Å². The van der Waals surface area contributed by atoms with Crippen LogP contribution in [0.2, 0.25) is 0 Å². The van der Waals surface area contributed by atoms with Crippen molar-refractivity contribution in [3.8, 4) is 5.75 Å². The second-order valence-corrected chi connectivity index (χ2v) is 7.96. The quantitative estimate of drug-likeness (QED) is 0.268. The highest BCUT2D eigenvalue weighted by Gasteiger charge is 2.38. The van der Waals surface area contributed by atoms with Crippen LogP contribution in [0, 0.1) is 0 Å². The van der Waals surface area contributed by atoms with E-state index in [-0.39, 0.29) is 18.7 Å². The number of benzene rings is 1. The minimum Gasteiger partial charge on any atom is -0.508 e. The molecule has 0 aromatic heterocycles. The monoisotopic (exact) mass is 450 g/mol. The number of hydrogen-bond acceptors (Lipinski definition) is 7. The number of aliphatic carboxylic acids is 1. The number of phenolic OH excluding ortho intramolecular Hbond substituents is 1. The van der Waals surface area contributed by atoms with Gasteiger partial charge in [-0.2, -0.15) is 0 Å². The number of hydrogen-bond donors (Lipinski definition) is 6. The van der Waals surface area contributed by atoms with Crippen molar-refractivity contribution in [1.82, 2.24) is 15.5 Å². The van der Waals surface area contributed by atoms with Crippen molar-refractivity contribution in [3.63, 3.8) is 0 Å². The molecule has 1 aliphatic rings. The molecule has 32 heavy (non-hydrogen) atoms. The maximum atomic E-state index is 13.2. The summed E-state index contributed by atoms with van der Waals surface area (Å²) in [5, 5.41) is 33.3. The first-order valence-electron chi connectivity index (χ1n) is 10.4. The molecule has 1 aliphatic heterocycles. The molecule has 0 aliphatic carbocycles. The van der Waals surface area contributed by atoms with Crippen molar-refractivity contribution in [2.45, 2.75) is 63.4 Å². The van der Waals surface area contributed by atoms with Gasteiger partial charge in [0.1, 0.15) is 29.9 Å². The Labute approximate surface area is 185 Å². The van der Waals surface area contributed by atoms with Gasteiger partial charge in [0, 0.05) is 13.0 Å².